The van der Waals surface area contributed by atoms with Gasteiger partial charge in [-0.1, -0.05) is 0 Å². The monoisotopic (exact) mass is 259 g/mol. The normalized spacial score (nSPS) is 9.50. The quantitative estimate of drug-likeness (QED) is 0.911. The van der Waals surface area contributed by atoms with Gasteiger partial charge in [0.05, 0.1) is 11.6 Å². The van der Waals surface area contributed by atoms with Crippen LogP contribution in [0.1, 0.15) is 5.56 Å². The van der Waals surface area contributed by atoms with E-state index in [1.807, 2.05) is 6.07 Å². The van der Waals surface area contributed by atoms with Crippen LogP contribution >= 0.6 is 11.3 Å². The number of nitrogens with zero attached hydrogens (tertiary/aromatic N) is 2. The highest BCUT2D eigenvalue weighted by Gasteiger charge is 2.05. The number of ether oxygens (including phenoxy) is 1. The molecule has 0 bridgehead atoms. The highest BCUT2D eigenvalue weighted by atomic mass is 32.1. The lowest BCUT2D eigenvalue weighted by Crippen LogP contribution is -2.19. The maximum absolute atomic E-state index is 11.5. The maximum Gasteiger partial charge on any atom is 0.264 e. The molecule has 0 unspecified atom stereocenters. The van der Waals surface area contributed by atoms with Gasteiger partial charge in [-0.2, -0.15) is 5.26 Å². The van der Waals surface area contributed by atoms with Gasteiger partial charge >= 0.3 is 0 Å². The summed E-state index contributed by atoms with van der Waals surface area (Å²) in [6.45, 7) is -0.0918. The van der Waals surface area contributed by atoms with Crippen LogP contribution in [0.3, 0.4) is 0 Å². The number of anilines is 1. The number of carbonyl (C=O) groups is 1. The number of carbonyl (C=O) groups excluding carboxylic acids is 1. The van der Waals surface area contributed by atoms with Gasteiger partial charge in [0.2, 0.25) is 0 Å². The fraction of sp³-hybridized carbons (Fsp3) is 0.0833. The van der Waals surface area contributed by atoms with Gasteiger partial charge < -0.3 is 4.74 Å². The topological polar surface area (TPSA) is 75.0 Å². The van der Waals surface area contributed by atoms with E-state index in [1.165, 1.54) is 11.3 Å². The second-order valence-corrected chi connectivity index (χ2v) is 4.20. The lowest BCUT2D eigenvalue weighted by Gasteiger charge is -2.05. The molecule has 90 valence electrons. The van der Waals surface area contributed by atoms with Crippen LogP contribution in [0.5, 0.6) is 5.75 Å². The van der Waals surface area contributed by atoms with Gasteiger partial charge in [-0.15, -0.1) is 11.3 Å². The van der Waals surface area contributed by atoms with E-state index in [1.54, 1.807) is 35.8 Å². The molecule has 5 nitrogen and oxygen atoms in total. The summed E-state index contributed by atoms with van der Waals surface area (Å²) in [7, 11) is 0. The van der Waals surface area contributed by atoms with Crippen molar-refractivity contribution in [2.45, 2.75) is 0 Å². The molecule has 0 atom stereocenters. The first kappa shape index (κ1) is 12.1. The van der Waals surface area contributed by atoms with E-state index in [2.05, 4.69) is 10.3 Å². The smallest absolute Gasteiger partial charge is 0.264 e. The number of rotatable bonds is 4. The Balaban J connectivity index is 1.83. The summed E-state index contributed by atoms with van der Waals surface area (Å²) in [4.78, 5) is 15.4. The number of amides is 1. The van der Waals surface area contributed by atoms with Gasteiger partial charge in [0, 0.05) is 11.6 Å². The Kier molecular flexibility index (Phi) is 3.89. The predicted octanol–water partition coefficient (Wildman–Crippen LogP) is 2.03. The first-order chi connectivity index (χ1) is 8.78. The van der Waals surface area contributed by atoms with Crippen molar-refractivity contribution in [3.63, 3.8) is 0 Å². The lowest BCUT2D eigenvalue weighted by atomic mass is 10.2. The molecule has 1 N–H and O–H groups in total. The standard InChI is InChI=1S/C12H9N3O2S/c13-7-9-1-3-10(4-2-9)17-8-11(16)15-12-14-5-6-18-12/h1-6H,8H2,(H,14,15,16). The number of aromatic nitrogens is 1. The highest BCUT2D eigenvalue weighted by Crippen LogP contribution is 2.12. The van der Waals surface area contributed by atoms with Crippen molar-refractivity contribution in [2.75, 3.05) is 11.9 Å². The molecule has 1 aromatic heterocycles. The van der Waals surface area contributed by atoms with Crippen LogP contribution in [0.2, 0.25) is 0 Å². The number of hydrogen-bond donors (Lipinski definition) is 1. The summed E-state index contributed by atoms with van der Waals surface area (Å²) in [6, 6.07) is 8.57. The van der Waals surface area contributed by atoms with Crippen LogP contribution in [-0.2, 0) is 4.79 Å². The Morgan fingerprint density at radius 3 is 2.83 bits per heavy atom. The molecule has 1 aromatic carbocycles. The van der Waals surface area contributed by atoms with E-state index in [9.17, 15) is 4.79 Å². The van der Waals surface area contributed by atoms with E-state index < -0.39 is 0 Å². The van der Waals surface area contributed by atoms with E-state index in [0.29, 0.717) is 16.4 Å². The summed E-state index contributed by atoms with van der Waals surface area (Å²) in [5, 5.41) is 13.6. The molecule has 0 saturated heterocycles. The van der Waals surface area contributed by atoms with Gasteiger partial charge in [-0.05, 0) is 24.3 Å². The number of nitriles is 1. The molecular formula is C12H9N3O2S. The second kappa shape index (κ2) is 5.80. The van der Waals surface area contributed by atoms with Crippen LogP contribution in [-0.4, -0.2) is 17.5 Å². The van der Waals surface area contributed by atoms with Crippen molar-refractivity contribution >= 4 is 22.4 Å². The van der Waals surface area contributed by atoms with Crippen LogP contribution in [0, 0.1) is 11.3 Å². The SMILES string of the molecule is N#Cc1ccc(OCC(=O)Nc2nccs2)cc1. The molecule has 1 heterocycles. The number of hydrogen-bond acceptors (Lipinski definition) is 5. The zero-order chi connectivity index (χ0) is 12.8. The summed E-state index contributed by atoms with van der Waals surface area (Å²) in [5.41, 5.74) is 0.551. The van der Waals surface area contributed by atoms with Gasteiger partial charge in [0.25, 0.3) is 5.91 Å². The van der Waals surface area contributed by atoms with E-state index >= 15 is 0 Å². The van der Waals surface area contributed by atoms with Crippen molar-refractivity contribution < 1.29 is 9.53 Å². The summed E-state index contributed by atoms with van der Waals surface area (Å²) in [6.07, 6.45) is 1.61. The average molecular weight is 259 g/mol. The van der Waals surface area contributed by atoms with Crippen molar-refractivity contribution in [2.24, 2.45) is 0 Å². The number of benzene rings is 1. The molecule has 18 heavy (non-hydrogen) atoms. The largest absolute Gasteiger partial charge is 0.484 e. The van der Waals surface area contributed by atoms with Crippen LogP contribution < -0.4 is 10.1 Å². The zero-order valence-corrected chi connectivity index (χ0v) is 10.1. The predicted molar refractivity (Wildman–Crippen MR) is 67.4 cm³/mol. The Labute approximate surface area is 108 Å². The second-order valence-electron chi connectivity index (χ2n) is 3.31. The maximum atomic E-state index is 11.5. The summed E-state index contributed by atoms with van der Waals surface area (Å²) < 4.78 is 5.27. The molecule has 0 aliphatic carbocycles. The van der Waals surface area contributed by atoms with E-state index in [-0.39, 0.29) is 12.5 Å². The minimum atomic E-state index is -0.269. The third-order valence-electron chi connectivity index (χ3n) is 2.03. The van der Waals surface area contributed by atoms with Crippen molar-refractivity contribution in [3.8, 4) is 11.8 Å². The third-order valence-corrected chi connectivity index (χ3v) is 2.72. The fourth-order valence-corrected chi connectivity index (χ4v) is 1.76. The molecule has 0 saturated carbocycles. The highest BCUT2D eigenvalue weighted by molar-refractivity contribution is 7.13. The molecule has 2 aromatic rings. The molecule has 1 amide bonds. The van der Waals surface area contributed by atoms with Gasteiger partial charge in [0.1, 0.15) is 5.75 Å². The summed E-state index contributed by atoms with van der Waals surface area (Å²) in [5.74, 6) is 0.276. The molecular weight excluding hydrogens is 250 g/mol. The minimum Gasteiger partial charge on any atom is -0.484 e. The molecule has 0 spiro atoms. The molecule has 0 aliphatic rings. The van der Waals surface area contributed by atoms with Gasteiger partial charge in [-0.3, -0.25) is 10.1 Å². The average Bonchev–Trinajstić information content (AvgIpc) is 2.90. The van der Waals surface area contributed by atoms with E-state index in [4.69, 9.17) is 10.00 Å². The minimum absolute atomic E-state index is 0.0918. The Bertz CT molecular complexity index is 558. The van der Waals surface area contributed by atoms with E-state index in [0.717, 1.165) is 0 Å². The Hall–Kier alpha value is -2.39. The lowest BCUT2D eigenvalue weighted by molar-refractivity contribution is -0.118. The fourth-order valence-electron chi connectivity index (χ4n) is 1.22. The van der Waals surface area contributed by atoms with Crippen LogP contribution in [0.25, 0.3) is 0 Å². The summed E-state index contributed by atoms with van der Waals surface area (Å²) >= 11 is 1.34. The molecule has 0 radical (unpaired) electrons. The zero-order valence-electron chi connectivity index (χ0n) is 9.29. The molecule has 2 rings (SSSR count). The Morgan fingerprint density at radius 2 is 2.22 bits per heavy atom. The molecule has 0 aliphatic heterocycles. The molecule has 0 fully saturated rings. The third kappa shape index (κ3) is 3.30. The first-order valence-electron chi connectivity index (χ1n) is 5.10. The van der Waals surface area contributed by atoms with Crippen molar-refractivity contribution in [1.29, 1.82) is 5.26 Å². The van der Waals surface area contributed by atoms with Crippen molar-refractivity contribution in [1.82, 2.24) is 4.98 Å². The first-order valence-corrected chi connectivity index (χ1v) is 5.98. The van der Waals surface area contributed by atoms with Crippen LogP contribution in [0.4, 0.5) is 5.13 Å². The van der Waals surface area contributed by atoms with Crippen molar-refractivity contribution in [3.05, 3.63) is 41.4 Å². The van der Waals surface area contributed by atoms with Crippen LogP contribution in [0.15, 0.2) is 35.8 Å². The Morgan fingerprint density at radius 1 is 1.44 bits per heavy atom. The van der Waals surface area contributed by atoms with Gasteiger partial charge in [-0.25, -0.2) is 4.98 Å². The van der Waals surface area contributed by atoms with Gasteiger partial charge in [0.15, 0.2) is 11.7 Å². The molecule has 6 heteroatoms. The number of thiazole rings is 1. The number of nitrogens with one attached hydrogen (secondary N) is 1.